The zero-order valence-corrected chi connectivity index (χ0v) is 18.0. The maximum atomic E-state index is 12.7. The molecule has 3 fully saturated rings. The Kier molecular flexibility index (Phi) is 8.00. The molecule has 0 aromatic heterocycles. The summed E-state index contributed by atoms with van der Waals surface area (Å²) in [4.78, 5) is 19.2. The van der Waals surface area contributed by atoms with E-state index in [1.54, 1.807) is 0 Å². The molecule has 2 N–H and O–H groups in total. The number of amides is 1. The Morgan fingerprint density at radius 3 is 2.61 bits per heavy atom. The van der Waals surface area contributed by atoms with E-state index in [4.69, 9.17) is 4.74 Å². The Balaban J connectivity index is 1.44. The smallest absolute Gasteiger partial charge is 0.225 e. The largest absolute Gasteiger partial charge is 0.382 e. The first-order valence-corrected chi connectivity index (χ1v) is 11.5. The molecule has 0 aromatic rings. The van der Waals surface area contributed by atoms with Crippen molar-refractivity contribution in [2.45, 2.75) is 77.2 Å². The van der Waals surface area contributed by atoms with Crippen molar-refractivity contribution in [2.24, 2.45) is 16.3 Å². The van der Waals surface area contributed by atoms with E-state index in [9.17, 15) is 4.79 Å². The molecular formula is C22H40N4O2. The van der Waals surface area contributed by atoms with Gasteiger partial charge in [-0.25, -0.2) is 0 Å². The topological polar surface area (TPSA) is 66.0 Å². The number of carbonyl (C=O) groups excluding carboxylic acids is 1. The molecule has 1 atom stereocenters. The molecule has 1 unspecified atom stereocenters. The maximum absolute atomic E-state index is 12.7. The van der Waals surface area contributed by atoms with Gasteiger partial charge in [-0.3, -0.25) is 9.79 Å². The molecule has 2 saturated carbocycles. The van der Waals surface area contributed by atoms with E-state index in [0.717, 1.165) is 64.5 Å². The van der Waals surface area contributed by atoms with Gasteiger partial charge in [0, 0.05) is 51.9 Å². The average molecular weight is 393 g/mol. The first-order chi connectivity index (χ1) is 13.7. The SMILES string of the molecule is CCOCCC1(CNC(=NC)NC2CCN(C(=O)C3CCCC3)C2)CCCC1. The first-order valence-electron chi connectivity index (χ1n) is 11.5. The molecular weight excluding hydrogens is 352 g/mol. The number of hydrogen-bond donors (Lipinski definition) is 2. The summed E-state index contributed by atoms with van der Waals surface area (Å²) < 4.78 is 5.63. The van der Waals surface area contributed by atoms with Gasteiger partial charge in [-0.15, -0.1) is 0 Å². The number of guanidine groups is 1. The summed E-state index contributed by atoms with van der Waals surface area (Å²) >= 11 is 0. The Labute approximate surface area is 170 Å². The lowest BCUT2D eigenvalue weighted by Crippen LogP contribution is -2.48. The molecule has 1 heterocycles. The molecule has 2 aliphatic carbocycles. The Morgan fingerprint density at radius 2 is 1.93 bits per heavy atom. The van der Waals surface area contributed by atoms with Gasteiger partial charge in [-0.2, -0.15) is 0 Å². The summed E-state index contributed by atoms with van der Waals surface area (Å²) in [5.41, 5.74) is 0.340. The van der Waals surface area contributed by atoms with Crippen LogP contribution in [0.1, 0.15) is 71.1 Å². The summed E-state index contributed by atoms with van der Waals surface area (Å²) in [6, 6.07) is 0.305. The molecule has 28 heavy (non-hydrogen) atoms. The molecule has 0 bridgehead atoms. The van der Waals surface area contributed by atoms with Crippen LogP contribution in [0.25, 0.3) is 0 Å². The van der Waals surface area contributed by atoms with E-state index >= 15 is 0 Å². The second kappa shape index (κ2) is 10.5. The highest BCUT2D eigenvalue weighted by Gasteiger charge is 2.35. The average Bonchev–Trinajstić information content (AvgIpc) is 3.47. The molecule has 0 aromatic carbocycles. The van der Waals surface area contributed by atoms with Gasteiger partial charge in [-0.1, -0.05) is 25.7 Å². The van der Waals surface area contributed by atoms with E-state index in [1.807, 2.05) is 7.05 Å². The molecule has 1 amide bonds. The molecule has 6 heteroatoms. The summed E-state index contributed by atoms with van der Waals surface area (Å²) in [6.45, 7) is 6.36. The number of nitrogens with zero attached hydrogens (tertiary/aromatic N) is 2. The fraction of sp³-hybridized carbons (Fsp3) is 0.909. The summed E-state index contributed by atoms with van der Waals surface area (Å²) in [5, 5.41) is 7.15. The van der Waals surface area contributed by atoms with Gasteiger partial charge < -0.3 is 20.3 Å². The third kappa shape index (κ3) is 5.62. The lowest BCUT2D eigenvalue weighted by Gasteiger charge is -2.30. The predicted octanol–water partition coefficient (Wildman–Crippen LogP) is 2.93. The molecule has 6 nitrogen and oxygen atoms in total. The Morgan fingerprint density at radius 1 is 1.18 bits per heavy atom. The minimum atomic E-state index is 0.281. The zero-order valence-electron chi connectivity index (χ0n) is 18.0. The van der Waals surface area contributed by atoms with Crippen molar-refractivity contribution < 1.29 is 9.53 Å². The standard InChI is InChI=1S/C22H40N4O2/c1-3-28-15-13-22(11-6-7-12-22)17-24-21(23-2)25-19-10-14-26(16-19)20(27)18-8-4-5-9-18/h18-19H,3-17H2,1-2H3,(H2,23,24,25). The number of nitrogens with one attached hydrogen (secondary N) is 2. The van der Waals surface area contributed by atoms with E-state index in [1.165, 1.54) is 38.5 Å². The Hall–Kier alpha value is -1.30. The van der Waals surface area contributed by atoms with E-state index < -0.39 is 0 Å². The number of carbonyl (C=O) groups is 1. The van der Waals surface area contributed by atoms with Crippen molar-refractivity contribution in [3.05, 3.63) is 0 Å². The van der Waals surface area contributed by atoms with Crippen LogP contribution in [0.3, 0.4) is 0 Å². The second-order valence-electron chi connectivity index (χ2n) is 8.98. The quantitative estimate of drug-likeness (QED) is 0.379. The van der Waals surface area contributed by atoms with Gasteiger partial charge in [-0.05, 0) is 50.9 Å². The molecule has 3 rings (SSSR count). The van der Waals surface area contributed by atoms with Crippen molar-refractivity contribution in [1.82, 2.24) is 15.5 Å². The van der Waals surface area contributed by atoms with Crippen molar-refractivity contribution in [3.63, 3.8) is 0 Å². The summed E-state index contributed by atoms with van der Waals surface area (Å²) in [7, 11) is 1.84. The van der Waals surface area contributed by atoms with Gasteiger partial charge in [0.2, 0.25) is 5.91 Å². The normalized spacial score (nSPS) is 25.4. The number of hydrogen-bond acceptors (Lipinski definition) is 3. The molecule has 0 radical (unpaired) electrons. The van der Waals surface area contributed by atoms with Crippen LogP contribution in [0.5, 0.6) is 0 Å². The van der Waals surface area contributed by atoms with Crippen LogP contribution in [0.15, 0.2) is 4.99 Å². The van der Waals surface area contributed by atoms with Crippen LogP contribution in [0.4, 0.5) is 0 Å². The number of rotatable bonds is 8. The van der Waals surface area contributed by atoms with Gasteiger partial charge >= 0.3 is 0 Å². The van der Waals surface area contributed by atoms with E-state index in [0.29, 0.717) is 17.4 Å². The van der Waals surface area contributed by atoms with Crippen LogP contribution in [0.2, 0.25) is 0 Å². The monoisotopic (exact) mass is 392 g/mol. The van der Waals surface area contributed by atoms with Crippen LogP contribution < -0.4 is 10.6 Å². The third-order valence-corrected chi connectivity index (χ3v) is 7.04. The molecule has 1 aliphatic heterocycles. The highest BCUT2D eigenvalue weighted by atomic mass is 16.5. The van der Waals surface area contributed by atoms with Crippen LogP contribution >= 0.6 is 0 Å². The van der Waals surface area contributed by atoms with Crippen molar-refractivity contribution in [2.75, 3.05) is 39.9 Å². The summed E-state index contributed by atoms with van der Waals surface area (Å²) in [5.74, 6) is 1.54. The molecule has 3 aliphatic rings. The Bertz CT molecular complexity index is 525. The zero-order chi connectivity index (χ0) is 19.8. The predicted molar refractivity (Wildman–Crippen MR) is 113 cm³/mol. The van der Waals surface area contributed by atoms with Crippen molar-refractivity contribution in [1.29, 1.82) is 0 Å². The lowest BCUT2D eigenvalue weighted by molar-refractivity contribution is -0.134. The fourth-order valence-corrected chi connectivity index (χ4v) is 5.24. The third-order valence-electron chi connectivity index (χ3n) is 7.04. The number of likely N-dealkylation sites (tertiary alicyclic amines) is 1. The van der Waals surface area contributed by atoms with Crippen LogP contribution in [0, 0.1) is 11.3 Å². The highest BCUT2D eigenvalue weighted by Crippen LogP contribution is 2.40. The van der Waals surface area contributed by atoms with E-state index in [-0.39, 0.29) is 5.92 Å². The minimum absolute atomic E-state index is 0.281. The molecule has 160 valence electrons. The van der Waals surface area contributed by atoms with Gasteiger partial charge in [0.1, 0.15) is 0 Å². The van der Waals surface area contributed by atoms with E-state index in [2.05, 4.69) is 27.4 Å². The molecule has 0 spiro atoms. The van der Waals surface area contributed by atoms with Crippen molar-refractivity contribution >= 4 is 11.9 Å². The van der Waals surface area contributed by atoms with Crippen LogP contribution in [-0.2, 0) is 9.53 Å². The fourth-order valence-electron chi connectivity index (χ4n) is 5.24. The highest BCUT2D eigenvalue weighted by molar-refractivity contribution is 5.81. The maximum Gasteiger partial charge on any atom is 0.225 e. The summed E-state index contributed by atoms with van der Waals surface area (Å²) in [6.07, 6.45) is 11.9. The van der Waals surface area contributed by atoms with Gasteiger partial charge in [0.25, 0.3) is 0 Å². The lowest BCUT2D eigenvalue weighted by atomic mass is 9.83. The second-order valence-corrected chi connectivity index (χ2v) is 8.98. The van der Waals surface area contributed by atoms with Crippen LogP contribution in [-0.4, -0.2) is 62.7 Å². The van der Waals surface area contributed by atoms with Crippen molar-refractivity contribution in [3.8, 4) is 0 Å². The molecule has 1 saturated heterocycles. The first kappa shape index (κ1) is 21.4. The van der Waals surface area contributed by atoms with Gasteiger partial charge in [0.05, 0.1) is 0 Å². The van der Waals surface area contributed by atoms with Gasteiger partial charge in [0.15, 0.2) is 5.96 Å². The minimum Gasteiger partial charge on any atom is -0.382 e. The number of ether oxygens (including phenoxy) is 1. The number of aliphatic imine (C=N–C) groups is 1.